The van der Waals surface area contributed by atoms with Crippen molar-refractivity contribution in [2.45, 2.75) is 90.6 Å². The molecule has 2 aromatic carbocycles. The molecule has 2 fully saturated rings. The second-order valence-corrected chi connectivity index (χ2v) is 15.9. The number of benzene rings is 2. The number of carbonyl (C=O) groups is 2. The highest BCUT2D eigenvalue weighted by Gasteiger charge is 2.29. The summed E-state index contributed by atoms with van der Waals surface area (Å²) in [5.41, 5.74) is 4.00. The minimum absolute atomic E-state index is 0.0513. The van der Waals surface area contributed by atoms with Crippen molar-refractivity contribution < 1.29 is 33.7 Å². The van der Waals surface area contributed by atoms with Crippen LogP contribution in [0.2, 0.25) is 0 Å². The molecular weight excluding hydrogens is 788 g/mol. The highest BCUT2D eigenvalue weighted by atomic mass is 19.1. The highest BCUT2D eigenvalue weighted by molar-refractivity contribution is 5.93. The number of halogens is 1. The summed E-state index contributed by atoms with van der Waals surface area (Å²) >= 11 is 0. The number of fused-ring (bicyclic) bond motifs is 2. The number of rotatable bonds is 10. The number of anilines is 2. The zero-order chi connectivity index (χ0) is 43.5. The van der Waals surface area contributed by atoms with Gasteiger partial charge in [0.05, 0.1) is 34.3 Å². The summed E-state index contributed by atoms with van der Waals surface area (Å²) < 4.78 is 27.4. The van der Waals surface area contributed by atoms with E-state index >= 15 is 4.39 Å². The molecule has 2 aliphatic rings. The monoisotopic (exact) mass is 838 g/mol. The fourth-order valence-electron chi connectivity index (χ4n) is 7.16. The van der Waals surface area contributed by atoms with E-state index in [0.717, 1.165) is 47.0 Å². The van der Waals surface area contributed by atoms with E-state index in [1.807, 2.05) is 19.1 Å². The number of imidazole rings is 2. The van der Waals surface area contributed by atoms with Gasteiger partial charge in [0.25, 0.3) is 0 Å². The molecule has 8 N–H and O–H groups in total. The van der Waals surface area contributed by atoms with Gasteiger partial charge in [-0.2, -0.15) is 0 Å². The number of aromatic amines is 2. The van der Waals surface area contributed by atoms with E-state index in [1.165, 1.54) is 12.4 Å². The smallest absolute Gasteiger partial charge is 0.321 e. The predicted molar refractivity (Wildman–Crippen MR) is 226 cm³/mol. The average molecular weight is 839 g/mol. The van der Waals surface area contributed by atoms with Gasteiger partial charge in [-0.3, -0.25) is 10.6 Å². The Morgan fingerprint density at radius 1 is 0.721 bits per heavy atom. The maximum atomic E-state index is 15.7. The van der Waals surface area contributed by atoms with Crippen molar-refractivity contribution in [3.8, 4) is 22.3 Å². The lowest BCUT2D eigenvalue weighted by atomic mass is 9.98. The molecule has 6 aromatic rings. The van der Waals surface area contributed by atoms with E-state index in [0.29, 0.717) is 66.7 Å². The van der Waals surface area contributed by atoms with Crippen molar-refractivity contribution in [2.24, 2.45) is 0 Å². The number of aliphatic hydroxyl groups is 2. The molecular formula is C42H51FN12O6. The zero-order valence-electron chi connectivity index (χ0n) is 34.9. The quantitative estimate of drug-likeness (QED) is 0.0725. The van der Waals surface area contributed by atoms with Crippen LogP contribution < -0.4 is 21.3 Å². The number of carbonyl (C=O) groups excluding carboxylic acids is 2. The molecule has 61 heavy (non-hydrogen) atoms. The molecule has 19 heteroatoms. The molecule has 18 nitrogen and oxygen atoms in total. The van der Waals surface area contributed by atoms with Crippen LogP contribution in [0.3, 0.4) is 0 Å². The number of hydrogen-bond acceptors (Lipinski definition) is 12. The van der Waals surface area contributed by atoms with Gasteiger partial charge in [-0.1, -0.05) is 0 Å². The summed E-state index contributed by atoms with van der Waals surface area (Å²) in [5.74, 6) is 0.732. The minimum Gasteiger partial charge on any atom is -0.382 e. The van der Waals surface area contributed by atoms with Gasteiger partial charge in [0, 0.05) is 78.9 Å². The van der Waals surface area contributed by atoms with E-state index < -0.39 is 29.2 Å². The Labute approximate surface area is 350 Å². The average Bonchev–Trinajstić information content (AvgIpc) is 4.06. The zero-order valence-corrected chi connectivity index (χ0v) is 34.9. The van der Waals surface area contributed by atoms with Crippen molar-refractivity contribution in [2.75, 3.05) is 36.9 Å². The number of nitrogens with one attached hydrogen (secondary N) is 6. The van der Waals surface area contributed by atoms with Crippen LogP contribution in [0.25, 0.3) is 44.3 Å². The third kappa shape index (κ3) is 9.75. The van der Waals surface area contributed by atoms with E-state index in [9.17, 15) is 19.8 Å². The number of hydrogen-bond donors (Lipinski definition) is 8. The summed E-state index contributed by atoms with van der Waals surface area (Å²) in [6, 6.07) is 4.88. The molecule has 0 saturated carbocycles. The Morgan fingerprint density at radius 3 is 1.70 bits per heavy atom. The second-order valence-electron chi connectivity index (χ2n) is 15.9. The van der Waals surface area contributed by atoms with Crippen LogP contribution in [-0.2, 0) is 20.7 Å². The third-order valence-electron chi connectivity index (χ3n) is 10.1. The minimum atomic E-state index is -1.20. The van der Waals surface area contributed by atoms with Crippen molar-refractivity contribution in [3.63, 3.8) is 0 Å². The fraction of sp³-hybridized carbons (Fsp3) is 0.429. The Hall–Kier alpha value is -6.15. The molecule has 0 aliphatic carbocycles. The topological polar surface area (TPSA) is 250 Å². The van der Waals surface area contributed by atoms with Gasteiger partial charge in [-0.05, 0) is 91.0 Å². The molecule has 2 saturated heterocycles. The molecule has 4 amide bonds. The van der Waals surface area contributed by atoms with Gasteiger partial charge in [0.2, 0.25) is 11.9 Å². The van der Waals surface area contributed by atoms with Gasteiger partial charge in [-0.25, -0.2) is 43.9 Å². The first-order valence-electron chi connectivity index (χ1n) is 20.3. The standard InChI is InChI=1S/C21H25FN6O3.C21H26N6O3/c1-4-23-20(29)28-19-26-13-8-12(11-9-24-18(25-10-11)21(2,3)30)16(22)15(17(13)27-19)14-6-5-7-31-14;1-4-22-20(28)27-19-25-15-9-12(13-10-23-18(24-11-13)21(2,3)29)8-14(17(15)26-19)16-6-5-7-30-16/h8-10,14,30H,4-7H2,1-3H3,(H3,23,26,27,28,29);8-11,16,29H,4-7H2,1-3H3,(H3,22,25,26,27,28). The van der Waals surface area contributed by atoms with Crippen molar-refractivity contribution >= 4 is 46.0 Å². The van der Waals surface area contributed by atoms with Crippen molar-refractivity contribution in [1.29, 1.82) is 0 Å². The molecule has 322 valence electrons. The summed E-state index contributed by atoms with van der Waals surface area (Å²) in [5, 5.41) is 30.8. The summed E-state index contributed by atoms with van der Waals surface area (Å²) in [7, 11) is 0. The van der Waals surface area contributed by atoms with Crippen LogP contribution in [-0.4, -0.2) is 88.5 Å². The van der Waals surface area contributed by atoms with Gasteiger partial charge in [0.1, 0.15) is 17.0 Å². The Bertz CT molecular complexity index is 2500. The first-order valence-corrected chi connectivity index (χ1v) is 20.3. The normalized spacial score (nSPS) is 16.7. The maximum Gasteiger partial charge on any atom is 0.321 e. The molecule has 8 rings (SSSR count). The van der Waals surface area contributed by atoms with E-state index in [1.54, 1.807) is 53.1 Å². The van der Waals surface area contributed by atoms with E-state index in [4.69, 9.17) is 9.47 Å². The fourth-order valence-corrected chi connectivity index (χ4v) is 7.16. The number of nitrogens with zero attached hydrogens (tertiary/aromatic N) is 6. The predicted octanol–water partition coefficient (Wildman–Crippen LogP) is 6.62. The van der Waals surface area contributed by atoms with Crippen LogP contribution in [0.5, 0.6) is 0 Å². The molecule has 0 bridgehead atoms. The maximum absolute atomic E-state index is 15.7. The van der Waals surface area contributed by atoms with E-state index in [-0.39, 0.29) is 29.5 Å². The van der Waals surface area contributed by atoms with Gasteiger partial charge in [0.15, 0.2) is 11.6 Å². The van der Waals surface area contributed by atoms with Crippen LogP contribution in [0.15, 0.2) is 43.0 Å². The molecule has 0 spiro atoms. The van der Waals surface area contributed by atoms with Crippen LogP contribution in [0.1, 0.15) is 102 Å². The largest absolute Gasteiger partial charge is 0.382 e. The first kappa shape index (κ1) is 43.0. The van der Waals surface area contributed by atoms with Crippen LogP contribution in [0, 0.1) is 5.82 Å². The van der Waals surface area contributed by atoms with Gasteiger partial charge in [-0.15, -0.1) is 0 Å². The number of H-pyrrole nitrogens is 2. The lowest BCUT2D eigenvalue weighted by Gasteiger charge is -2.16. The number of ether oxygens (including phenoxy) is 2. The molecule has 2 aliphatic heterocycles. The number of urea groups is 2. The van der Waals surface area contributed by atoms with Gasteiger partial charge >= 0.3 is 12.1 Å². The van der Waals surface area contributed by atoms with Gasteiger partial charge < -0.3 is 40.3 Å². The van der Waals surface area contributed by atoms with Crippen LogP contribution in [0.4, 0.5) is 25.9 Å². The first-order chi connectivity index (χ1) is 29.1. The Balaban J connectivity index is 0.000000184. The molecule has 2 atom stereocenters. The lowest BCUT2D eigenvalue weighted by Crippen LogP contribution is -2.28. The van der Waals surface area contributed by atoms with Crippen molar-refractivity contribution in [3.05, 3.63) is 71.6 Å². The Morgan fingerprint density at radius 2 is 1.21 bits per heavy atom. The number of aromatic nitrogens is 8. The second kappa shape index (κ2) is 17.8. The SMILES string of the molecule is CCNC(=O)Nc1nc2c(C3CCCO3)c(F)c(-c3cnc(C(C)(C)O)nc3)cc2[nH]1.CCNC(=O)Nc1nc2c(C3CCCO3)cc(-c3cnc(C(C)(C)O)nc3)cc2[nH]1. The van der Waals surface area contributed by atoms with Crippen LogP contribution >= 0.6 is 0 Å². The molecule has 0 radical (unpaired) electrons. The lowest BCUT2D eigenvalue weighted by molar-refractivity contribution is 0.0682. The third-order valence-corrected chi connectivity index (χ3v) is 10.1. The summed E-state index contributed by atoms with van der Waals surface area (Å²) in [4.78, 5) is 56.0. The summed E-state index contributed by atoms with van der Waals surface area (Å²) in [6.07, 6.45) is 9.29. The van der Waals surface area contributed by atoms with E-state index in [2.05, 4.69) is 61.1 Å². The number of amides is 4. The Kier molecular flexibility index (Phi) is 12.6. The molecule has 6 heterocycles. The highest BCUT2D eigenvalue weighted by Crippen LogP contribution is 2.40. The van der Waals surface area contributed by atoms with Crippen molar-refractivity contribution in [1.82, 2.24) is 50.5 Å². The molecule has 4 aromatic heterocycles. The summed E-state index contributed by atoms with van der Waals surface area (Å²) in [6.45, 7) is 12.4. The molecule has 2 unspecified atom stereocenters.